The Morgan fingerprint density at radius 3 is 2.05 bits per heavy atom. The lowest BCUT2D eigenvalue weighted by atomic mass is 9.74. The Kier molecular flexibility index (Phi) is 5.18. The molecule has 1 radical (unpaired) electrons. The van der Waals surface area contributed by atoms with Crippen molar-refractivity contribution < 1.29 is 4.84 Å². The fourth-order valence-corrected chi connectivity index (χ4v) is 4.57. The molecule has 20 heavy (non-hydrogen) atoms. The molecule has 0 bridgehead atoms. The molecule has 0 spiro atoms. The van der Waals surface area contributed by atoms with Gasteiger partial charge in [-0.15, -0.1) is 0 Å². The Balaban J connectivity index is 2.05. The van der Waals surface area contributed by atoms with Gasteiger partial charge in [0, 0.05) is 11.1 Å². The Morgan fingerprint density at radius 2 is 1.55 bits per heavy atom. The summed E-state index contributed by atoms with van der Waals surface area (Å²) in [5, 5.41) is 2.36. The molecule has 0 aromatic heterocycles. The lowest BCUT2D eigenvalue weighted by Crippen LogP contribution is -2.61. The zero-order chi connectivity index (χ0) is 14.8. The molecule has 1 heterocycles. The van der Waals surface area contributed by atoms with Crippen LogP contribution in [-0.2, 0) is 4.84 Å². The Hall–Kier alpha value is -0.0800. The molecule has 1 saturated carbocycles. The summed E-state index contributed by atoms with van der Waals surface area (Å²) in [6.07, 6.45) is 11.8. The van der Waals surface area contributed by atoms with E-state index in [1.807, 2.05) is 0 Å². The van der Waals surface area contributed by atoms with Crippen LogP contribution in [0.2, 0.25) is 0 Å². The molecule has 2 heteroatoms. The van der Waals surface area contributed by atoms with E-state index in [-0.39, 0.29) is 11.1 Å². The third-order valence-corrected chi connectivity index (χ3v) is 5.10. The highest BCUT2D eigenvalue weighted by Gasteiger charge is 2.46. The molecular weight excluding hydrogens is 246 g/mol. The average molecular weight is 280 g/mol. The second kappa shape index (κ2) is 6.36. The molecule has 0 aromatic rings. The van der Waals surface area contributed by atoms with Gasteiger partial charge in [0.05, 0.1) is 6.10 Å². The van der Waals surface area contributed by atoms with E-state index in [0.29, 0.717) is 6.10 Å². The van der Waals surface area contributed by atoms with Crippen molar-refractivity contribution in [2.45, 2.75) is 103 Å². The van der Waals surface area contributed by atoms with Crippen LogP contribution in [0.3, 0.4) is 0 Å². The molecule has 1 aliphatic heterocycles. The monoisotopic (exact) mass is 280 g/mol. The van der Waals surface area contributed by atoms with Gasteiger partial charge in [-0.3, -0.25) is 4.84 Å². The summed E-state index contributed by atoms with van der Waals surface area (Å²) >= 11 is 0. The standard InChI is InChI=1S/C18H34NO/c1-6-10-15-13-17(2,3)19(18(4,5)14-15)20-16-11-8-7-9-12-16/h15-16H,1,6-14H2,2-5H3. The molecule has 2 fully saturated rings. The zero-order valence-electron chi connectivity index (χ0n) is 14.1. The summed E-state index contributed by atoms with van der Waals surface area (Å²) in [7, 11) is 0. The topological polar surface area (TPSA) is 12.5 Å². The van der Waals surface area contributed by atoms with Crippen molar-refractivity contribution in [1.29, 1.82) is 0 Å². The largest absolute Gasteiger partial charge is 0.295 e. The molecule has 117 valence electrons. The first kappa shape index (κ1) is 16.3. The van der Waals surface area contributed by atoms with Crippen molar-refractivity contribution >= 4 is 0 Å². The van der Waals surface area contributed by atoms with Crippen molar-refractivity contribution in [1.82, 2.24) is 5.06 Å². The Labute approximate surface area is 126 Å². The van der Waals surface area contributed by atoms with E-state index in [1.54, 1.807) is 0 Å². The lowest BCUT2D eigenvalue weighted by molar-refractivity contribution is -0.314. The van der Waals surface area contributed by atoms with E-state index < -0.39 is 0 Å². The highest BCUT2D eigenvalue weighted by atomic mass is 16.7. The first-order valence-electron chi connectivity index (χ1n) is 8.61. The quantitative estimate of drug-likeness (QED) is 0.707. The molecule has 2 rings (SSSR count). The van der Waals surface area contributed by atoms with Gasteiger partial charge in [0.1, 0.15) is 0 Å². The first-order chi connectivity index (χ1) is 9.35. The maximum Gasteiger partial charge on any atom is 0.0793 e. The van der Waals surface area contributed by atoms with Gasteiger partial charge in [0.2, 0.25) is 0 Å². The molecule has 0 aromatic carbocycles. The minimum absolute atomic E-state index is 0.138. The fourth-order valence-electron chi connectivity index (χ4n) is 4.57. The number of nitrogens with zero attached hydrogens (tertiary/aromatic N) is 1. The van der Waals surface area contributed by atoms with Gasteiger partial charge in [0.25, 0.3) is 0 Å². The number of piperidine rings is 1. The van der Waals surface area contributed by atoms with Crippen molar-refractivity contribution in [2.75, 3.05) is 0 Å². The second-order valence-electron chi connectivity index (χ2n) is 8.20. The summed E-state index contributed by atoms with van der Waals surface area (Å²) in [4.78, 5) is 6.51. The molecule has 0 amide bonds. The SMILES string of the molecule is [CH2]CCC1CC(C)(C)N(OC2CCCCC2)C(C)(C)C1. The van der Waals surface area contributed by atoms with Crippen LogP contribution in [0.25, 0.3) is 0 Å². The molecule has 1 aliphatic carbocycles. The van der Waals surface area contributed by atoms with Crippen molar-refractivity contribution in [3.05, 3.63) is 6.92 Å². The van der Waals surface area contributed by atoms with Crippen LogP contribution in [0.4, 0.5) is 0 Å². The average Bonchev–Trinajstić information content (AvgIpc) is 2.35. The summed E-state index contributed by atoms with van der Waals surface area (Å²) in [5.41, 5.74) is 0.276. The molecule has 2 aliphatic rings. The predicted molar refractivity (Wildman–Crippen MR) is 85.3 cm³/mol. The van der Waals surface area contributed by atoms with Crippen LogP contribution in [0.5, 0.6) is 0 Å². The van der Waals surface area contributed by atoms with Gasteiger partial charge < -0.3 is 0 Å². The van der Waals surface area contributed by atoms with Crippen molar-refractivity contribution in [3.8, 4) is 0 Å². The zero-order valence-corrected chi connectivity index (χ0v) is 14.1. The van der Waals surface area contributed by atoms with E-state index in [4.69, 9.17) is 4.84 Å². The van der Waals surface area contributed by atoms with E-state index in [9.17, 15) is 0 Å². The Morgan fingerprint density at radius 1 is 1.00 bits per heavy atom. The van der Waals surface area contributed by atoms with Crippen molar-refractivity contribution in [2.24, 2.45) is 5.92 Å². The van der Waals surface area contributed by atoms with Gasteiger partial charge >= 0.3 is 0 Å². The molecule has 2 nitrogen and oxygen atoms in total. The third-order valence-electron chi connectivity index (χ3n) is 5.10. The Bertz CT molecular complexity index is 287. The smallest absolute Gasteiger partial charge is 0.0793 e. The van der Waals surface area contributed by atoms with Crippen LogP contribution >= 0.6 is 0 Å². The van der Waals surface area contributed by atoms with E-state index in [1.165, 1.54) is 51.4 Å². The normalized spacial score (nSPS) is 28.6. The maximum atomic E-state index is 6.51. The second-order valence-corrected chi connectivity index (χ2v) is 8.20. The number of hydrogen-bond donors (Lipinski definition) is 0. The summed E-state index contributed by atoms with van der Waals surface area (Å²) in [6.45, 7) is 13.5. The van der Waals surface area contributed by atoms with Gasteiger partial charge in [-0.1, -0.05) is 39.0 Å². The van der Waals surface area contributed by atoms with Crippen LogP contribution < -0.4 is 0 Å². The summed E-state index contributed by atoms with van der Waals surface area (Å²) in [5.74, 6) is 0.795. The van der Waals surface area contributed by atoms with Gasteiger partial charge in [0.15, 0.2) is 0 Å². The number of hydrogen-bond acceptors (Lipinski definition) is 2. The first-order valence-corrected chi connectivity index (χ1v) is 8.61. The minimum atomic E-state index is 0.138. The number of hydroxylamine groups is 2. The van der Waals surface area contributed by atoms with Gasteiger partial charge in [-0.2, -0.15) is 5.06 Å². The maximum absolute atomic E-state index is 6.51. The fraction of sp³-hybridized carbons (Fsp3) is 0.944. The van der Waals surface area contributed by atoms with Crippen LogP contribution in [0.15, 0.2) is 0 Å². The molecule has 0 N–H and O–H groups in total. The summed E-state index contributed by atoms with van der Waals surface area (Å²) in [6, 6.07) is 0. The minimum Gasteiger partial charge on any atom is -0.295 e. The third kappa shape index (κ3) is 3.76. The summed E-state index contributed by atoms with van der Waals surface area (Å²) < 4.78 is 0. The number of rotatable bonds is 4. The van der Waals surface area contributed by atoms with Crippen LogP contribution in [-0.4, -0.2) is 22.2 Å². The van der Waals surface area contributed by atoms with Crippen molar-refractivity contribution in [3.63, 3.8) is 0 Å². The van der Waals surface area contributed by atoms with E-state index >= 15 is 0 Å². The van der Waals surface area contributed by atoms with Crippen LogP contribution in [0.1, 0.15) is 85.5 Å². The predicted octanol–water partition coefficient (Wildman–Crippen LogP) is 5.13. The highest BCUT2D eigenvalue weighted by Crippen LogP contribution is 2.44. The molecule has 0 unspecified atom stereocenters. The van der Waals surface area contributed by atoms with Gasteiger partial charge in [-0.05, 0) is 59.3 Å². The highest BCUT2D eigenvalue weighted by molar-refractivity contribution is 4.96. The molecule has 0 atom stereocenters. The van der Waals surface area contributed by atoms with E-state index in [0.717, 1.165) is 12.3 Å². The van der Waals surface area contributed by atoms with E-state index in [2.05, 4.69) is 39.7 Å². The molecular formula is C18H34NO. The van der Waals surface area contributed by atoms with Gasteiger partial charge in [-0.25, -0.2) is 0 Å². The van der Waals surface area contributed by atoms with Crippen LogP contribution in [0, 0.1) is 12.8 Å². The lowest BCUT2D eigenvalue weighted by Gasteiger charge is -2.55. The molecule has 1 saturated heterocycles.